The highest BCUT2D eigenvalue weighted by Gasteiger charge is 2.20. The highest BCUT2D eigenvalue weighted by atomic mass is 35.6. The first-order valence-electron chi connectivity index (χ1n) is 1.91. The Balaban J connectivity index is 3.66. The lowest BCUT2D eigenvalue weighted by atomic mass is 11.6. The van der Waals surface area contributed by atoms with Crippen LogP contribution in [0.1, 0.15) is 0 Å². The van der Waals surface area contributed by atoms with Crippen molar-refractivity contribution < 1.29 is 0 Å². The summed E-state index contributed by atoms with van der Waals surface area (Å²) in [5, 5.41) is 8.21. The van der Waals surface area contributed by atoms with Crippen LogP contribution in [-0.2, 0) is 0 Å². The molecule has 1 unspecified atom stereocenters. The molecule has 0 aliphatic rings. The topological polar surface area (TPSA) is 35.8 Å². The first-order chi connectivity index (χ1) is 3.12. The zero-order valence-corrected chi connectivity index (χ0v) is 6.08. The zero-order valence-electron chi connectivity index (χ0n) is 4.33. The molecule has 0 aliphatic carbocycles. The van der Waals surface area contributed by atoms with Crippen LogP contribution in [0.5, 0.6) is 0 Å². The van der Waals surface area contributed by atoms with E-state index in [9.17, 15) is 0 Å². The van der Waals surface area contributed by atoms with Gasteiger partial charge in [0, 0.05) is 0 Å². The van der Waals surface area contributed by atoms with Crippen LogP contribution in [-0.4, -0.2) is 14.6 Å². The summed E-state index contributed by atoms with van der Waals surface area (Å²) in [5.41, 5.74) is 1.98. The van der Waals surface area contributed by atoms with Crippen molar-refractivity contribution in [2.24, 2.45) is 0 Å². The molecular weight excluding hydrogens is 128 g/mol. The van der Waals surface area contributed by atoms with Gasteiger partial charge in [-0.1, -0.05) is 0 Å². The lowest BCUT2D eigenvalue weighted by Gasteiger charge is -2.03. The molecule has 2 nitrogen and oxygen atoms in total. The second kappa shape index (κ2) is 2.31. The van der Waals surface area contributed by atoms with Crippen LogP contribution >= 0.6 is 11.1 Å². The standard InChI is InChI=1S/C3H7ClN2Si/c1-6-7(2,4)3-5/h6H,1-2H3. The Morgan fingerprint density at radius 3 is 2.29 bits per heavy atom. The minimum absolute atomic E-state index is 1.70. The van der Waals surface area contributed by atoms with Gasteiger partial charge in [-0.15, -0.1) is 11.1 Å². The van der Waals surface area contributed by atoms with Crippen molar-refractivity contribution in [3.05, 3.63) is 0 Å². The summed E-state index contributed by atoms with van der Waals surface area (Å²) < 4.78 is 0. The Morgan fingerprint density at radius 1 is 1.86 bits per heavy atom. The van der Waals surface area contributed by atoms with E-state index in [1.54, 1.807) is 13.6 Å². The number of nitrogens with one attached hydrogen (secondary N) is 1. The van der Waals surface area contributed by atoms with Crippen LogP contribution in [0.3, 0.4) is 0 Å². The molecule has 0 saturated heterocycles. The quantitative estimate of drug-likeness (QED) is 0.421. The molecule has 1 atom stereocenters. The lowest BCUT2D eigenvalue weighted by Crippen LogP contribution is -2.37. The fourth-order valence-electron chi connectivity index (χ4n) is 0.0559. The van der Waals surface area contributed by atoms with Crippen LogP contribution in [0, 0.1) is 11.0 Å². The van der Waals surface area contributed by atoms with Gasteiger partial charge in [0.05, 0.1) is 5.69 Å². The molecule has 0 amide bonds. The minimum Gasteiger partial charge on any atom is -0.317 e. The molecule has 0 aromatic heterocycles. The molecular formula is C3H7ClN2Si. The molecule has 7 heavy (non-hydrogen) atoms. The third-order valence-corrected chi connectivity index (χ3v) is 2.86. The second-order valence-corrected chi connectivity index (χ2v) is 6.36. The van der Waals surface area contributed by atoms with Gasteiger partial charge in [0.2, 0.25) is 0 Å². The predicted molar refractivity (Wildman–Crippen MR) is 32.1 cm³/mol. The van der Waals surface area contributed by atoms with Crippen molar-refractivity contribution in [1.82, 2.24) is 4.98 Å². The van der Waals surface area contributed by atoms with Crippen LogP contribution in [0.2, 0.25) is 6.55 Å². The maximum atomic E-state index is 8.21. The molecule has 1 N–H and O–H groups in total. The Hall–Kier alpha value is -0.0431. The van der Waals surface area contributed by atoms with Crippen molar-refractivity contribution >= 4 is 18.6 Å². The SMILES string of the molecule is CN[Si](C)(Cl)C#N. The van der Waals surface area contributed by atoms with Crippen LogP contribution < -0.4 is 4.98 Å². The van der Waals surface area contributed by atoms with Crippen molar-refractivity contribution in [3.63, 3.8) is 0 Å². The molecule has 4 heteroatoms. The molecule has 40 valence electrons. The maximum absolute atomic E-state index is 8.21. The van der Waals surface area contributed by atoms with E-state index in [1.165, 1.54) is 0 Å². The number of rotatable bonds is 1. The largest absolute Gasteiger partial charge is 0.334 e. The molecule has 0 bridgehead atoms. The Labute approximate surface area is 48.9 Å². The summed E-state index contributed by atoms with van der Waals surface area (Å²) in [6.45, 7) is 1.73. The van der Waals surface area contributed by atoms with E-state index in [1.807, 2.05) is 5.69 Å². The van der Waals surface area contributed by atoms with Gasteiger partial charge in [-0.05, 0) is 13.6 Å². The molecule has 0 fully saturated rings. The highest BCUT2D eigenvalue weighted by Crippen LogP contribution is 1.98. The van der Waals surface area contributed by atoms with E-state index in [0.29, 0.717) is 0 Å². The predicted octanol–water partition coefficient (Wildman–Crippen LogP) is 0.579. The van der Waals surface area contributed by atoms with Gasteiger partial charge in [0.15, 0.2) is 0 Å². The van der Waals surface area contributed by atoms with Gasteiger partial charge in [-0.2, -0.15) is 0 Å². The van der Waals surface area contributed by atoms with E-state index < -0.39 is 7.55 Å². The fourth-order valence-corrected chi connectivity index (χ4v) is 0.168. The highest BCUT2D eigenvalue weighted by molar-refractivity contribution is 7.22. The summed E-state index contributed by atoms with van der Waals surface area (Å²) in [7, 11) is -0.427. The second-order valence-electron chi connectivity index (χ2n) is 1.36. The average Bonchev–Trinajstić information content (AvgIpc) is 1.68. The number of hydrogen-bond donors (Lipinski definition) is 1. The maximum Gasteiger partial charge on any atom is 0.334 e. The van der Waals surface area contributed by atoms with Gasteiger partial charge in [0.25, 0.3) is 0 Å². The molecule has 0 aromatic carbocycles. The van der Waals surface area contributed by atoms with Crippen LogP contribution in [0.4, 0.5) is 0 Å². The number of halogens is 1. The van der Waals surface area contributed by atoms with E-state index in [2.05, 4.69) is 4.98 Å². The van der Waals surface area contributed by atoms with E-state index in [0.717, 1.165) is 0 Å². The van der Waals surface area contributed by atoms with Crippen molar-refractivity contribution in [2.75, 3.05) is 7.05 Å². The molecule has 0 rings (SSSR count). The first kappa shape index (κ1) is 6.96. The molecule has 0 heterocycles. The van der Waals surface area contributed by atoms with Gasteiger partial charge in [-0.25, -0.2) is 5.26 Å². The lowest BCUT2D eigenvalue weighted by molar-refractivity contribution is 1.21. The Kier molecular flexibility index (Phi) is 2.30. The van der Waals surface area contributed by atoms with E-state index >= 15 is 0 Å². The molecule has 0 radical (unpaired) electrons. The van der Waals surface area contributed by atoms with E-state index in [4.69, 9.17) is 16.3 Å². The monoisotopic (exact) mass is 134 g/mol. The summed E-state index contributed by atoms with van der Waals surface area (Å²) in [4.78, 5) is 2.73. The third kappa shape index (κ3) is 2.63. The summed E-state index contributed by atoms with van der Waals surface area (Å²) in [6.07, 6.45) is 0. The van der Waals surface area contributed by atoms with Crippen molar-refractivity contribution in [3.8, 4) is 5.69 Å². The molecule has 0 aromatic rings. The number of nitrogens with zero attached hydrogens (tertiary/aromatic N) is 1. The average molecular weight is 135 g/mol. The molecule has 0 saturated carbocycles. The summed E-state index contributed by atoms with van der Waals surface area (Å²) >= 11 is 5.57. The van der Waals surface area contributed by atoms with Crippen LogP contribution in [0.25, 0.3) is 0 Å². The van der Waals surface area contributed by atoms with Crippen molar-refractivity contribution in [2.45, 2.75) is 6.55 Å². The molecule has 0 spiro atoms. The molecule has 0 aliphatic heterocycles. The number of hydrogen-bond acceptors (Lipinski definition) is 2. The minimum atomic E-state index is -2.12. The van der Waals surface area contributed by atoms with Gasteiger partial charge in [0.1, 0.15) is 0 Å². The normalized spacial score (nSPS) is 17.4. The third-order valence-electron chi connectivity index (χ3n) is 0.679. The Morgan fingerprint density at radius 2 is 2.29 bits per heavy atom. The summed E-state index contributed by atoms with van der Waals surface area (Å²) in [6, 6.07) is 0. The smallest absolute Gasteiger partial charge is 0.317 e. The van der Waals surface area contributed by atoms with Gasteiger partial charge >= 0.3 is 7.55 Å². The van der Waals surface area contributed by atoms with Gasteiger partial charge < -0.3 is 4.98 Å². The van der Waals surface area contributed by atoms with Crippen molar-refractivity contribution in [1.29, 1.82) is 5.26 Å². The first-order valence-corrected chi connectivity index (χ1v) is 5.42. The Bertz CT molecular complexity index is 95.6. The number of nitriles is 1. The van der Waals surface area contributed by atoms with E-state index in [-0.39, 0.29) is 0 Å². The zero-order chi connectivity index (χ0) is 5.91. The summed E-state index contributed by atoms with van der Waals surface area (Å²) in [5.74, 6) is 0. The fraction of sp³-hybridized carbons (Fsp3) is 0.667. The van der Waals surface area contributed by atoms with Crippen LogP contribution in [0.15, 0.2) is 0 Å². The van der Waals surface area contributed by atoms with Gasteiger partial charge in [-0.3, -0.25) is 0 Å².